The lowest BCUT2D eigenvalue weighted by Gasteiger charge is -2.22. The minimum atomic E-state index is -0.249. The Hall–Kier alpha value is -1.00. The predicted octanol–water partition coefficient (Wildman–Crippen LogP) is 1.91. The first-order chi connectivity index (χ1) is 7.72. The standard InChI is InChI=1S/C12H17FN2O/c1-8-5-9(7-16-8)12(14-2)10-3-4-15-6-11(10)13/h3-4,6,8-9,12,14H,5,7H2,1-2H3. The number of aromatic nitrogens is 1. The van der Waals surface area contributed by atoms with Gasteiger partial charge >= 0.3 is 0 Å². The molecule has 0 aromatic carbocycles. The molecule has 0 radical (unpaired) electrons. The van der Waals surface area contributed by atoms with Crippen LogP contribution in [0.25, 0.3) is 0 Å². The summed E-state index contributed by atoms with van der Waals surface area (Å²) in [6, 6.07) is 1.74. The topological polar surface area (TPSA) is 34.2 Å². The third-order valence-electron chi connectivity index (χ3n) is 3.15. The fourth-order valence-electron chi connectivity index (χ4n) is 2.37. The van der Waals surface area contributed by atoms with Crippen molar-refractivity contribution in [2.75, 3.05) is 13.7 Å². The van der Waals surface area contributed by atoms with Crippen molar-refractivity contribution in [3.8, 4) is 0 Å². The molecule has 1 saturated heterocycles. The summed E-state index contributed by atoms with van der Waals surface area (Å²) in [6.07, 6.45) is 4.12. The molecule has 2 rings (SSSR count). The highest BCUT2D eigenvalue weighted by Crippen LogP contribution is 2.32. The van der Waals surface area contributed by atoms with Gasteiger partial charge in [0.05, 0.1) is 18.9 Å². The van der Waals surface area contributed by atoms with E-state index in [1.54, 1.807) is 12.3 Å². The second-order valence-electron chi connectivity index (χ2n) is 4.30. The Morgan fingerprint density at radius 2 is 2.44 bits per heavy atom. The molecule has 2 heterocycles. The molecule has 0 bridgehead atoms. The third-order valence-corrected chi connectivity index (χ3v) is 3.15. The first-order valence-electron chi connectivity index (χ1n) is 5.60. The van der Waals surface area contributed by atoms with Crippen molar-refractivity contribution in [1.29, 1.82) is 0 Å². The Balaban J connectivity index is 2.19. The Morgan fingerprint density at radius 1 is 1.62 bits per heavy atom. The minimum absolute atomic E-state index is 0.00736. The van der Waals surface area contributed by atoms with Crippen molar-refractivity contribution in [1.82, 2.24) is 10.3 Å². The van der Waals surface area contributed by atoms with E-state index in [1.165, 1.54) is 6.20 Å². The number of rotatable bonds is 3. The van der Waals surface area contributed by atoms with Gasteiger partial charge in [0.1, 0.15) is 5.82 Å². The van der Waals surface area contributed by atoms with Crippen LogP contribution in [-0.4, -0.2) is 24.7 Å². The van der Waals surface area contributed by atoms with Crippen molar-refractivity contribution in [3.63, 3.8) is 0 Å². The number of ether oxygens (including phenoxy) is 1. The van der Waals surface area contributed by atoms with Crippen LogP contribution in [-0.2, 0) is 4.74 Å². The molecule has 0 aliphatic carbocycles. The maximum Gasteiger partial charge on any atom is 0.146 e. The lowest BCUT2D eigenvalue weighted by atomic mass is 9.91. The van der Waals surface area contributed by atoms with E-state index in [0.29, 0.717) is 18.1 Å². The number of pyridine rings is 1. The summed E-state index contributed by atoms with van der Waals surface area (Å²) < 4.78 is 19.2. The van der Waals surface area contributed by atoms with Gasteiger partial charge in [-0.25, -0.2) is 4.39 Å². The smallest absolute Gasteiger partial charge is 0.146 e. The van der Waals surface area contributed by atoms with Gasteiger partial charge in [-0.2, -0.15) is 0 Å². The van der Waals surface area contributed by atoms with E-state index >= 15 is 0 Å². The van der Waals surface area contributed by atoms with Crippen LogP contribution >= 0.6 is 0 Å². The second kappa shape index (κ2) is 4.89. The monoisotopic (exact) mass is 224 g/mol. The van der Waals surface area contributed by atoms with Crippen LogP contribution in [0.5, 0.6) is 0 Å². The van der Waals surface area contributed by atoms with Crippen molar-refractivity contribution in [2.24, 2.45) is 5.92 Å². The highest BCUT2D eigenvalue weighted by Gasteiger charge is 2.30. The van der Waals surface area contributed by atoms with Crippen molar-refractivity contribution in [2.45, 2.75) is 25.5 Å². The molecule has 3 atom stereocenters. The van der Waals surface area contributed by atoms with Gasteiger partial charge in [-0.1, -0.05) is 0 Å². The SMILES string of the molecule is CNC(c1ccncc1F)C1COC(C)C1. The predicted molar refractivity (Wildman–Crippen MR) is 59.5 cm³/mol. The van der Waals surface area contributed by atoms with E-state index < -0.39 is 0 Å². The Bertz CT molecular complexity index is 359. The molecule has 0 amide bonds. The summed E-state index contributed by atoms with van der Waals surface area (Å²) in [7, 11) is 1.85. The fraction of sp³-hybridized carbons (Fsp3) is 0.583. The maximum absolute atomic E-state index is 13.6. The summed E-state index contributed by atoms with van der Waals surface area (Å²) in [5.74, 6) is 0.0818. The number of halogens is 1. The molecule has 3 nitrogen and oxygen atoms in total. The maximum atomic E-state index is 13.6. The number of nitrogens with one attached hydrogen (secondary N) is 1. The number of hydrogen-bond acceptors (Lipinski definition) is 3. The quantitative estimate of drug-likeness (QED) is 0.851. The molecule has 0 spiro atoms. The normalized spacial score (nSPS) is 26.9. The van der Waals surface area contributed by atoms with E-state index in [4.69, 9.17) is 4.74 Å². The molecular formula is C12H17FN2O. The van der Waals surface area contributed by atoms with E-state index in [-0.39, 0.29) is 18.0 Å². The van der Waals surface area contributed by atoms with Crippen molar-refractivity contribution < 1.29 is 9.13 Å². The van der Waals surface area contributed by atoms with Crippen molar-refractivity contribution in [3.05, 3.63) is 29.8 Å². The zero-order valence-corrected chi connectivity index (χ0v) is 9.61. The Morgan fingerprint density at radius 3 is 3.00 bits per heavy atom. The Kier molecular flexibility index (Phi) is 3.51. The van der Waals surface area contributed by atoms with E-state index in [2.05, 4.69) is 17.2 Å². The summed E-state index contributed by atoms with van der Waals surface area (Å²) in [5, 5.41) is 3.17. The van der Waals surface area contributed by atoms with Gasteiger partial charge < -0.3 is 10.1 Å². The molecule has 1 aliphatic heterocycles. The summed E-state index contributed by atoms with van der Waals surface area (Å²) in [6.45, 7) is 2.74. The van der Waals surface area contributed by atoms with Crippen LogP contribution in [0.1, 0.15) is 24.9 Å². The minimum Gasteiger partial charge on any atom is -0.378 e. The van der Waals surface area contributed by atoms with Crippen LogP contribution < -0.4 is 5.32 Å². The van der Waals surface area contributed by atoms with Crippen LogP contribution in [0.15, 0.2) is 18.5 Å². The molecule has 1 N–H and O–H groups in total. The van der Waals surface area contributed by atoms with Gasteiger partial charge in [0.25, 0.3) is 0 Å². The molecule has 1 aromatic rings. The van der Waals surface area contributed by atoms with Gasteiger partial charge in [0.2, 0.25) is 0 Å². The average Bonchev–Trinajstić information content (AvgIpc) is 2.69. The van der Waals surface area contributed by atoms with Crippen LogP contribution in [0.3, 0.4) is 0 Å². The molecule has 16 heavy (non-hydrogen) atoms. The summed E-state index contributed by atoms with van der Waals surface area (Å²) in [5.41, 5.74) is 0.681. The van der Waals surface area contributed by atoms with Crippen molar-refractivity contribution >= 4 is 0 Å². The highest BCUT2D eigenvalue weighted by atomic mass is 19.1. The second-order valence-corrected chi connectivity index (χ2v) is 4.30. The molecule has 1 aliphatic rings. The van der Waals surface area contributed by atoms with Crippen LogP contribution in [0.4, 0.5) is 4.39 Å². The largest absolute Gasteiger partial charge is 0.378 e. The Labute approximate surface area is 95.0 Å². The van der Waals surface area contributed by atoms with E-state index in [9.17, 15) is 4.39 Å². The van der Waals surface area contributed by atoms with Gasteiger partial charge in [0, 0.05) is 23.7 Å². The van der Waals surface area contributed by atoms with Gasteiger partial charge in [-0.3, -0.25) is 4.98 Å². The third kappa shape index (κ3) is 2.23. The van der Waals surface area contributed by atoms with Crippen LogP contribution in [0.2, 0.25) is 0 Å². The zero-order valence-electron chi connectivity index (χ0n) is 9.61. The molecule has 1 fully saturated rings. The zero-order chi connectivity index (χ0) is 11.5. The van der Waals surface area contributed by atoms with E-state index in [1.807, 2.05) is 7.05 Å². The molecule has 0 saturated carbocycles. The fourth-order valence-corrected chi connectivity index (χ4v) is 2.37. The highest BCUT2D eigenvalue weighted by molar-refractivity contribution is 5.18. The lowest BCUT2D eigenvalue weighted by Crippen LogP contribution is -2.26. The van der Waals surface area contributed by atoms with E-state index in [0.717, 1.165) is 6.42 Å². The summed E-state index contributed by atoms with van der Waals surface area (Å²) >= 11 is 0. The molecule has 88 valence electrons. The number of nitrogens with zero attached hydrogens (tertiary/aromatic N) is 1. The van der Waals surface area contributed by atoms with Gasteiger partial charge in [-0.15, -0.1) is 0 Å². The first-order valence-corrected chi connectivity index (χ1v) is 5.60. The summed E-state index contributed by atoms with van der Waals surface area (Å²) in [4.78, 5) is 3.77. The molecule has 3 unspecified atom stereocenters. The molecule has 1 aromatic heterocycles. The average molecular weight is 224 g/mol. The number of hydrogen-bond donors (Lipinski definition) is 1. The van der Waals surface area contributed by atoms with Gasteiger partial charge in [0.15, 0.2) is 0 Å². The lowest BCUT2D eigenvalue weighted by molar-refractivity contribution is 0.117. The van der Waals surface area contributed by atoms with Crippen LogP contribution in [0, 0.1) is 11.7 Å². The first kappa shape index (κ1) is 11.5. The molecule has 4 heteroatoms. The van der Waals surface area contributed by atoms with Gasteiger partial charge in [-0.05, 0) is 26.5 Å². The molecular weight excluding hydrogens is 207 g/mol.